The number of nitrogens with zero attached hydrogens (tertiary/aromatic N) is 2. The summed E-state index contributed by atoms with van der Waals surface area (Å²) >= 11 is 11.9. The average molecular weight is 456 g/mol. The van der Waals surface area contributed by atoms with Crippen molar-refractivity contribution in [2.45, 2.75) is 20.1 Å². The molecule has 0 atom stereocenters. The van der Waals surface area contributed by atoms with Gasteiger partial charge in [0.1, 0.15) is 0 Å². The predicted octanol–water partition coefficient (Wildman–Crippen LogP) is 5.49. The molecular weight excluding hydrogens is 439 g/mol. The first-order valence-corrected chi connectivity index (χ1v) is 9.61. The molecule has 0 aliphatic rings. The van der Waals surface area contributed by atoms with E-state index in [9.17, 15) is 13.6 Å². The highest BCUT2D eigenvalue weighted by Gasteiger charge is 2.15. The highest BCUT2D eigenvalue weighted by Crippen LogP contribution is 2.30. The molecule has 0 radical (unpaired) electrons. The van der Waals surface area contributed by atoms with Crippen LogP contribution in [0, 0.1) is 0 Å². The van der Waals surface area contributed by atoms with Crippen molar-refractivity contribution in [3.8, 4) is 11.5 Å². The summed E-state index contributed by atoms with van der Waals surface area (Å²) in [5.74, 6) is -0.241. The summed E-state index contributed by atoms with van der Waals surface area (Å²) in [6.45, 7) is -0.646. The molecule has 3 aromatic rings. The lowest BCUT2D eigenvalue weighted by molar-refractivity contribution is -0.0514. The number of ether oxygens (including phenoxy) is 2. The van der Waals surface area contributed by atoms with Crippen LogP contribution in [0.15, 0.2) is 48.7 Å². The van der Waals surface area contributed by atoms with E-state index in [1.807, 2.05) is 6.07 Å². The number of nitrogens with one attached hydrogen (secondary N) is 1. The summed E-state index contributed by atoms with van der Waals surface area (Å²) in [7, 11) is 0. The lowest BCUT2D eigenvalue weighted by Crippen LogP contribution is -2.13. The number of benzene rings is 2. The third kappa shape index (κ3) is 5.61. The number of hydrogen-bond acceptors (Lipinski definition) is 4. The number of aromatic nitrogens is 2. The summed E-state index contributed by atoms with van der Waals surface area (Å²) in [6.07, 6.45) is 1.70. The van der Waals surface area contributed by atoms with E-state index >= 15 is 0 Å². The Labute approximate surface area is 181 Å². The first-order chi connectivity index (χ1) is 14.4. The van der Waals surface area contributed by atoms with Crippen molar-refractivity contribution in [1.29, 1.82) is 0 Å². The Morgan fingerprint density at radius 1 is 1.13 bits per heavy atom. The van der Waals surface area contributed by atoms with Gasteiger partial charge < -0.3 is 14.8 Å². The minimum atomic E-state index is -3.00. The zero-order valence-electron chi connectivity index (χ0n) is 15.7. The van der Waals surface area contributed by atoms with Gasteiger partial charge in [-0.25, -0.2) is 0 Å². The maximum atomic E-state index is 12.5. The van der Waals surface area contributed by atoms with Crippen LogP contribution in [-0.4, -0.2) is 28.9 Å². The van der Waals surface area contributed by atoms with E-state index in [4.69, 9.17) is 27.9 Å². The van der Waals surface area contributed by atoms with Gasteiger partial charge in [-0.15, -0.1) is 0 Å². The van der Waals surface area contributed by atoms with Crippen LogP contribution in [0.3, 0.4) is 0 Å². The molecule has 1 heterocycles. The van der Waals surface area contributed by atoms with Crippen LogP contribution in [0.2, 0.25) is 10.0 Å². The van der Waals surface area contributed by atoms with Crippen LogP contribution in [0.5, 0.6) is 11.5 Å². The third-order valence-electron chi connectivity index (χ3n) is 3.93. The van der Waals surface area contributed by atoms with E-state index in [0.717, 1.165) is 5.56 Å². The van der Waals surface area contributed by atoms with E-state index in [2.05, 4.69) is 15.2 Å². The Bertz CT molecular complexity index is 1040. The van der Waals surface area contributed by atoms with E-state index in [-0.39, 0.29) is 23.7 Å². The molecule has 1 amide bonds. The minimum Gasteiger partial charge on any atom is -0.490 e. The van der Waals surface area contributed by atoms with Gasteiger partial charge in [0.2, 0.25) is 0 Å². The maximum Gasteiger partial charge on any atom is 0.387 e. The molecule has 0 aliphatic heterocycles. The summed E-state index contributed by atoms with van der Waals surface area (Å²) in [6, 6.07) is 10.9. The number of amides is 1. The molecule has 1 N–H and O–H groups in total. The van der Waals surface area contributed by atoms with Crippen LogP contribution in [0.25, 0.3) is 0 Å². The van der Waals surface area contributed by atoms with Crippen molar-refractivity contribution in [2.75, 3.05) is 11.9 Å². The van der Waals surface area contributed by atoms with Crippen molar-refractivity contribution >= 4 is 34.9 Å². The Hall–Kier alpha value is -2.84. The van der Waals surface area contributed by atoms with Crippen molar-refractivity contribution < 1.29 is 23.0 Å². The zero-order valence-corrected chi connectivity index (χ0v) is 17.3. The van der Waals surface area contributed by atoms with Crippen molar-refractivity contribution in [3.05, 3.63) is 69.8 Å². The van der Waals surface area contributed by atoms with Crippen LogP contribution >= 0.6 is 23.2 Å². The quantitative estimate of drug-likeness (QED) is 0.487. The Morgan fingerprint density at radius 3 is 2.63 bits per heavy atom. The molecule has 0 fully saturated rings. The Balaban J connectivity index is 1.70. The van der Waals surface area contributed by atoms with Crippen molar-refractivity contribution in [3.63, 3.8) is 0 Å². The lowest BCUT2D eigenvalue weighted by atomic mass is 10.2. The number of rotatable bonds is 8. The molecule has 0 saturated heterocycles. The molecule has 3 rings (SSSR count). The first-order valence-electron chi connectivity index (χ1n) is 8.86. The molecule has 1 aromatic heterocycles. The largest absolute Gasteiger partial charge is 0.490 e. The standard InChI is InChI=1S/C20H17Cl2F2N3O3/c1-2-29-17-10-13(4-6-16(17)30-20(23)24)19(28)25-18-7-8-27(26-18)11-12-3-5-14(21)15(22)9-12/h3-10,20H,2,11H2,1H3,(H,25,26,28). The SMILES string of the molecule is CCOc1cc(C(=O)Nc2ccn(Cc3ccc(Cl)c(Cl)c3)n2)ccc1OC(F)F. The van der Waals surface area contributed by atoms with Gasteiger partial charge in [0.15, 0.2) is 17.3 Å². The fourth-order valence-corrected chi connectivity index (χ4v) is 2.96. The summed E-state index contributed by atoms with van der Waals surface area (Å²) in [5, 5.41) is 7.85. The van der Waals surface area contributed by atoms with Gasteiger partial charge in [0.25, 0.3) is 5.91 Å². The predicted molar refractivity (Wildman–Crippen MR) is 110 cm³/mol. The van der Waals surface area contributed by atoms with E-state index < -0.39 is 12.5 Å². The molecule has 0 unspecified atom stereocenters. The first kappa shape index (κ1) is 21.9. The fraction of sp³-hybridized carbons (Fsp3) is 0.200. The summed E-state index contributed by atoms with van der Waals surface area (Å²) in [4.78, 5) is 12.5. The molecule has 0 aliphatic carbocycles. The number of carbonyl (C=O) groups is 1. The monoisotopic (exact) mass is 455 g/mol. The van der Waals surface area contributed by atoms with Gasteiger partial charge in [-0.3, -0.25) is 9.48 Å². The van der Waals surface area contributed by atoms with Crippen LogP contribution in [-0.2, 0) is 6.54 Å². The molecule has 0 spiro atoms. The number of alkyl halides is 2. The highest BCUT2D eigenvalue weighted by atomic mass is 35.5. The van der Waals surface area contributed by atoms with Gasteiger partial charge in [-0.1, -0.05) is 29.3 Å². The molecule has 0 saturated carbocycles. The minimum absolute atomic E-state index is 0.0515. The van der Waals surface area contributed by atoms with Gasteiger partial charge >= 0.3 is 6.61 Å². The normalized spacial score (nSPS) is 10.9. The molecule has 30 heavy (non-hydrogen) atoms. The summed E-state index contributed by atoms with van der Waals surface area (Å²) < 4.78 is 36.3. The molecule has 0 bridgehead atoms. The zero-order chi connectivity index (χ0) is 21.7. The van der Waals surface area contributed by atoms with Gasteiger partial charge in [-0.05, 0) is 42.8 Å². The van der Waals surface area contributed by atoms with Crippen LogP contribution in [0.4, 0.5) is 14.6 Å². The maximum absolute atomic E-state index is 12.5. The average Bonchev–Trinajstić information content (AvgIpc) is 3.12. The van der Waals surface area contributed by atoms with Gasteiger partial charge in [-0.2, -0.15) is 13.9 Å². The second-order valence-electron chi connectivity index (χ2n) is 6.07. The number of carbonyl (C=O) groups excluding carboxylic acids is 1. The van der Waals surface area contributed by atoms with Gasteiger partial charge in [0, 0.05) is 17.8 Å². The second-order valence-corrected chi connectivity index (χ2v) is 6.89. The molecule has 2 aromatic carbocycles. The second kappa shape index (κ2) is 9.77. The topological polar surface area (TPSA) is 65.4 Å². The van der Waals surface area contributed by atoms with Gasteiger partial charge in [0.05, 0.1) is 23.2 Å². The lowest BCUT2D eigenvalue weighted by Gasteiger charge is -2.12. The van der Waals surface area contributed by atoms with E-state index in [1.165, 1.54) is 18.2 Å². The smallest absolute Gasteiger partial charge is 0.387 e. The third-order valence-corrected chi connectivity index (χ3v) is 4.67. The van der Waals surface area contributed by atoms with E-state index in [1.54, 1.807) is 36.0 Å². The van der Waals surface area contributed by atoms with Crippen LogP contribution < -0.4 is 14.8 Å². The fourth-order valence-electron chi connectivity index (χ4n) is 2.64. The highest BCUT2D eigenvalue weighted by molar-refractivity contribution is 6.42. The Kier molecular flexibility index (Phi) is 7.12. The number of anilines is 1. The number of hydrogen-bond donors (Lipinski definition) is 1. The molecule has 158 valence electrons. The van der Waals surface area contributed by atoms with Crippen LogP contribution in [0.1, 0.15) is 22.8 Å². The number of halogens is 4. The summed E-state index contributed by atoms with van der Waals surface area (Å²) in [5.41, 5.74) is 1.10. The van der Waals surface area contributed by atoms with Crippen molar-refractivity contribution in [2.24, 2.45) is 0 Å². The molecule has 10 heteroatoms. The Morgan fingerprint density at radius 2 is 1.93 bits per heavy atom. The molecular formula is C20H17Cl2F2N3O3. The molecule has 6 nitrogen and oxygen atoms in total. The van der Waals surface area contributed by atoms with Crippen molar-refractivity contribution in [1.82, 2.24) is 9.78 Å². The van der Waals surface area contributed by atoms with E-state index in [0.29, 0.717) is 22.4 Å².